The van der Waals surface area contributed by atoms with Crippen molar-refractivity contribution >= 4 is 5.91 Å². The van der Waals surface area contributed by atoms with Crippen molar-refractivity contribution in [2.24, 2.45) is 0 Å². The van der Waals surface area contributed by atoms with E-state index in [1.54, 1.807) is 4.90 Å². The topological polar surface area (TPSA) is 71.7 Å². The number of piperidine rings is 1. The third-order valence-electron chi connectivity index (χ3n) is 5.39. The monoisotopic (exact) mass is 424 g/mol. The highest BCUT2D eigenvalue weighted by atomic mass is 19.4. The molecule has 0 aliphatic carbocycles. The lowest BCUT2D eigenvalue weighted by Gasteiger charge is -2.33. The van der Waals surface area contributed by atoms with E-state index in [2.05, 4.69) is 15.0 Å². The molecule has 162 valence electrons. The number of alkyl halides is 3. The molecule has 0 unspecified atom stereocenters. The number of rotatable bonds is 4. The van der Waals surface area contributed by atoms with E-state index in [0.29, 0.717) is 19.7 Å². The van der Waals surface area contributed by atoms with Gasteiger partial charge in [0.15, 0.2) is 6.10 Å². The van der Waals surface area contributed by atoms with Gasteiger partial charge in [-0.3, -0.25) is 9.69 Å². The summed E-state index contributed by atoms with van der Waals surface area (Å²) in [4.78, 5) is 20.8. The van der Waals surface area contributed by atoms with Crippen LogP contribution in [0, 0.1) is 0 Å². The van der Waals surface area contributed by atoms with Crippen LogP contribution in [-0.4, -0.2) is 65.2 Å². The normalized spacial score (nSPS) is 21.0. The Bertz CT molecular complexity index is 880. The number of halogens is 3. The Morgan fingerprint density at radius 2 is 1.97 bits per heavy atom. The SMILES string of the molecule is O=C(CN1CCCCC1)N1CCO[C@@H](c2nc(-c3cccc(C(F)(F)F)c3)no2)C1. The number of hydrogen-bond donors (Lipinski definition) is 0. The fraction of sp³-hybridized carbons (Fsp3) is 0.550. The highest BCUT2D eigenvalue weighted by molar-refractivity contribution is 5.78. The number of ether oxygens (including phenoxy) is 1. The van der Waals surface area contributed by atoms with Crippen LogP contribution in [0.2, 0.25) is 0 Å². The van der Waals surface area contributed by atoms with Crippen LogP contribution < -0.4 is 0 Å². The number of aromatic nitrogens is 2. The number of carbonyl (C=O) groups excluding carboxylic acids is 1. The minimum atomic E-state index is -4.45. The van der Waals surface area contributed by atoms with Crippen molar-refractivity contribution in [1.29, 1.82) is 0 Å². The first-order valence-corrected chi connectivity index (χ1v) is 10.0. The van der Waals surface area contributed by atoms with Gasteiger partial charge in [0.1, 0.15) is 0 Å². The van der Waals surface area contributed by atoms with Crippen LogP contribution in [0.15, 0.2) is 28.8 Å². The second-order valence-corrected chi connectivity index (χ2v) is 7.57. The lowest BCUT2D eigenvalue weighted by molar-refractivity contribution is -0.141. The molecule has 0 saturated carbocycles. The number of likely N-dealkylation sites (tertiary alicyclic amines) is 1. The standard InChI is InChI=1S/C20H23F3N4O3/c21-20(22,23)15-6-4-5-14(11-15)18-24-19(30-25-18)16-12-27(9-10-29-16)17(28)13-26-7-2-1-3-8-26/h4-6,11,16H,1-3,7-10,12-13H2/t16-/m1/s1. The smallest absolute Gasteiger partial charge is 0.365 e. The van der Waals surface area contributed by atoms with Gasteiger partial charge in [-0.15, -0.1) is 0 Å². The van der Waals surface area contributed by atoms with E-state index in [1.807, 2.05) is 0 Å². The molecule has 0 radical (unpaired) electrons. The minimum Gasteiger partial charge on any atom is -0.365 e. The maximum absolute atomic E-state index is 12.9. The minimum absolute atomic E-state index is 0.0304. The van der Waals surface area contributed by atoms with Gasteiger partial charge in [-0.25, -0.2) is 0 Å². The fourth-order valence-corrected chi connectivity index (χ4v) is 3.75. The van der Waals surface area contributed by atoms with Gasteiger partial charge in [0.25, 0.3) is 5.89 Å². The van der Waals surface area contributed by atoms with Crippen molar-refractivity contribution in [1.82, 2.24) is 19.9 Å². The Kier molecular flexibility index (Phi) is 6.05. The number of benzene rings is 1. The number of carbonyl (C=O) groups is 1. The molecule has 3 heterocycles. The summed E-state index contributed by atoms with van der Waals surface area (Å²) in [6, 6.07) is 4.75. The summed E-state index contributed by atoms with van der Waals surface area (Å²) < 4.78 is 49.7. The number of morpholine rings is 1. The van der Waals surface area contributed by atoms with E-state index in [0.717, 1.165) is 38.1 Å². The van der Waals surface area contributed by atoms with Gasteiger partial charge in [0.2, 0.25) is 11.7 Å². The largest absolute Gasteiger partial charge is 0.416 e. The van der Waals surface area contributed by atoms with Gasteiger partial charge in [-0.05, 0) is 38.1 Å². The quantitative estimate of drug-likeness (QED) is 0.751. The molecule has 2 saturated heterocycles. The maximum Gasteiger partial charge on any atom is 0.416 e. The van der Waals surface area contributed by atoms with Crippen molar-refractivity contribution in [3.05, 3.63) is 35.7 Å². The zero-order valence-electron chi connectivity index (χ0n) is 16.4. The van der Waals surface area contributed by atoms with Crippen LogP contribution in [0.5, 0.6) is 0 Å². The second kappa shape index (κ2) is 8.73. The molecule has 10 heteroatoms. The Labute approximate surface area is 171 Å². The van der Waals surface area contributed by atoms with Gasteiger partial charge in [-0.1, -0.05) is 23.7 Å². The number of nitrogens with zero attached hydrogens (tertiary/aromatic N) is 4. The lowest BCUT2D eigenvalue weighted by atomic mass is 10.1. The molecule has 0 spiro atoms. The maximum atomic E-state index is 12.9. The van der Waals surface area contributed by atoms with Gasteiger partial charge in [0, 0.05) is 12.1 Å². The third kappa shape index (κ3) is 4.81. The predicted molar refractivity (Wildman–Crippen MR) is 100 cm³/mol. The fourth-order valence-electron chi connectivity index (χ4n) is 3.75. The summed E-state index contributed by atoms with van der Waals surface area (Å²) in [7, 11) is 0. The van der Waals surface area contributed by atoms with Crippen LogP contribution >= 0.6 is 0 Å². The summed E-state index contributed by atoms with van der Waals surface area (Å²) in [6.45, 7) is 3.34. The van der Waals surface area contributed by atoms with Crippen molar-refractivity contribution in [3.8, 4) is 11.4 Å². The van der Waals surface area contributed by atoms with E-state index in [4.69, 9.17) is 9.26 Å². The molecular weight excluding hydrogens is 401 g/mol. The van der Waals surface area contributed by atoms with E-state index in [-0.39, 0.29) is 29.7 Å². The van der Waals surface area contributed by atoms with Gasteiger partial charge in [-0.2, -0.15) is 18.2 Å². The Balaban J connectivity index is 1.42. The van der Waals surface area contributed by atoms with Crippen molar-refractivity contribution in [2.45, 2.75) is 31.5 Å². The first-order valence-electron chi connectivity index (χ1n) is 10.0. The molecule has 1 amide bonds. The van der Waals surface area contributed by atoms with Crippen molar-refractivity contribution in [2.75, 3.05) is 39.3 Å². The highest BCUT2D eigenvalue weighted by Crippen LogP contribution is 2.32. The molecule has 0 bridgehead atoms. The second-order valence-electron chi connectivity index (χ2n) is 7.57. The lowest BCUT2D eigenvalue weighted by Crippen LogP contribution is -2.47. The Morgan fingerprint density at radius 1 is 1.17 bits per heavy atom. The molecule has 1 aromatic carbocycles. The van der Waals surface area contributed by atoms with Crippen LogP contribution in [0.1, 0.15) is 36.8 Å². The first kappa shape index (κ1) is 20.8. The van der Waals surface area contributed by atoms with Crippen LogP contribution in [-0.2, 0) is 15.7 Å². The van der Waals surface area contributed by atoms with Gasteiger partial charge in [0.05, 0.1) is 25.3 Å². The third-order valence-corrected chi connectivity index (χ3v) is 5.39. The van der Waals surface area contributed by atoms with Crippen molar-refractivity contribution < 1.29 is 27.2 Å². The summed E-state index contributed by atoms with van der Waals surface area (Å²) in [5.41, 5.74) is -0.580. The molecule has 2 fully saturated rings. The summed E-state index contributed by atoms with van der Waals surface area (Å²) in [5.74, 6) is 0.233. The average molecular weight is 424 g/mol. The van der Waals surface area contributed by atoms with Gasteiger partial charge >= 0.3 is 6.18 Å². The molecule has 30 heavy (non-hydrogen) atoms. The zero-order chi connectivity index (χ0) is 21.1. The zero-order valence-corrected chi connectivity index (χ0v) is 16.4. The summed E-state index contributed by atoms with van der Waals surface area (Å²) in [5, 5.41) is 3.80. The van der Waals surface area contributed by atoms with E-state index in [9.17, 15) is 18.0 Å². The molecule has 2 aliphatic heterocycles. The summed E-state index contributed by atoms with van der Waals surface area (Å²) in [6.07, 6.45) is -1.63. The van der Waals surface area contributed by atoms with Gasteiger partial charge < -0.3 is 14.2 Å². The van der Waals surface area contributed by atoms with E-state index < -0.39 is 17.8 Å². The average Bonchev–Trinajstić information content (AvgIpc) is 3.24. The number of hydrogen-bond acceptors (Lipinski definition) is 6. The molecule has 7 nitrogen and oxygen atoms in total. The van der Waals surface area contributed by atoms with Crippen molar-refractivity contribution in [3.63, 3.8) is 0 Å². The van der Waals surface area contributed by atoms with E-state index in [1.165, 1.54) is 18.6 Å². The highest BCUT2D eigenvalue weighted by Gasteiger charge is 2.32. The molecule has 1 atom stereocenters. The van der Waals surface area contributed by atoms with Crippen LogP contribution in [0.4, 0.5) is 13.2 Å². The van der Waals surface area contributed by atoms with Crippen LogP contribution in [0.25, 0.3) is 11.4 Å². The summed E-state index contributed by atoms with van der Waals surface area (Å²) >= 11 is 0. The first-order chi connectivity index (χ1) is 14.4. The Morgan fingerprint density at radius 3 is 2.73 bits per heavy atom. The van der Waals surface area contributed by atoms with Crippen LogP contribution in [0.3, 0.4) is 0 Å². The molecule has 4 rings (SSSR count). The molecular formula is C20H23F3N4O3. The molecule has 0 N–H and O–H groups in total. The Hall–Kier alpha value is -2.46. The molecule has 1 aromatic heterocycles. The molecule has 2 aromatic rings. The number of amides is 1. The predicted octanol–water partition coefficient (Wildman–Crippen LogP) is 3.14. The van der Waals surface area contributed by atoms with E-state index >= 15 is 0 Å². The molecule has 2 aliphatic rings.